The van der Waals surface area contributed by atoms with Crippen molar-refractivity contribution in [2.75, 3.05) is 13.2 Å². The van der Waals surface area contributed by atoms with Crippen LogP contribution in [0.4, 0.5) is 0 Å². The van der Waals surface area contributed by atoms with E-state index in [1.54, 1.807) is 12.1 Å². The Bertz CT molecular complexity index is 910. The van der Waals surface area contributed by atoms with Crippen LogP contribution < -0.4 is 0 Å². The Balaban J connectivity index is 1.31. The highest BCUT2D eigenvalue weighted by Crippen LogP contribution is 2.63. The second-order valence-electron chi connectivity index (χ2n) is 9.74. The number of esters is 2. The second kappa shape index (κ2) is 9.89. The van der Waals surface area contributed by atoms with Crippen molar-refractivity contribution in [2.24, 2.45) is 29.1 Å². The lowest BCUT2D eigenvalue weighted by Crippen LogP contribution is -2.42. The van der Waals surface area contributed by atoms with Crippen molar-refractivity contribution in [3.05, 3.63) is 71.8 Å². The van der Waals surface area contributed by atoms with Crippen molar-refractivity contribution in [3.8, 4) is 0 Å². The van der Waals surface area contributed by atoms with E-state index >= 15 is 0 Å². The average Bonchev–Trinajstić information content (AvgIpc) is 3.31. The molecule has 5 unspecified atom stereocenters. The maximum absolute atomic E-state index is 12.6. The van der Waals surface area contributed by atoms with Gasteiger partial charge in [-0.3, -0.25) is 4.79 Å². The van der Waals surface area contributed by atoms with Gasteiger partial charge in [0.1, 0.15) is 0 Å². The molecule has 0 amide bonds. The Morgan fingerprint density at radius 2 is 1.66 bits per heavy atom. The maximum atomic E-state index is 12.6. The molecule has 0 aliphatic heterocycles. The van der Waals surface area contributed by atoms with Gasteiger partial charge in [0.05, 0.1) is 18.8 Å². The molecule has 2 saturated carbocycles. The van der Waals surface area contributed by atoms with E-state index in [2.05, 4.69) is 26.0 Å². The fourth-order valence-electron chi connectivity index (χ4n) is 5.98. The van der Waals surface area contributed by atoms with Gasteiger partial charge in [-0.1, -0.05) is 62.4 Å². The lowest BCUT2D eigenvalue weighted by atomic mass is 9.66. The van der Waals surface area contributed by atoms with Gasteiger partial charge in [-0.2, -0.15) is 0 Å². The van der Waals surface area contributed by atoms with Gasteiger partial charge in [0.15, 0.2) is 0 Å². The molecule has 2 aliphatic rings. The van der Waals surface area contributed by atoms with Crippen molar-refractivity contribution in [2.45, 2.75) is 46.0 Å². The standard InChI is InChI=1S/C28H34O4/c1-20-21(2)28(19-32-27(30)23-13-7-4-8-14-23)17-24(20)16-25(28)18-31-26(29)15-9-12-22-10-5-3-6-11-22/h3-8,10-11,13-14,20-21,24-25H,9,12,15-19H2,1-2H3. The van der Waals surface area contributed by atoms with Gasteiger partial charge >= 0.3 is 11.9 Å². The molecular weight excluding hydrogens is 400 g/mol. The Morgan fingerprint density at radius 1 is 0.969 bits per heavy atom. The van der Waals surface area contributed by atoms with E-state index in [-0.39, 0.29) is 23.3 Å². The van der Waals surface area contributed by atoms with Crippen molar-refractivity contribution in [1.82, 2.24) is 0 Å². The summed E-state index contributed by atoms with van der Waals surface area (Å²) in [5.41, 5.74) is 1.73. The summed E-state index contributed by atoms with van der Waals surface area (Å²) >= 11 is 0. The van der Waals surface area contributed by atoms with Crippen LogP contribution in [0, 0.1) is 29.1 Å². The number of benzene rings is 2. The van der Waals surface area contributed by atoms with Crippen molar-refractivity contribution >= 4 is 11.9 Å². The number of rotatable bonds is 9. The Labute approximate surface area is 191 Å². The summed E-state index contributed by atoms with van der Waals surface area (Å²) < 4.78 is 11.6. The fourth-order valence-corrected chi connectivity index (χ4v) is 5.98. The normalized spacial score (nSPS) is 28.4. The quantitative estimate of drug-likeness (QED) is 0.475. The van der Waals surface area contributed by atoms with Gasteiger partial charge in [0, 0.05) is 17.8 Å². The summed E-state index contributed by atoms with van der Waals surface area (Å²) in [5, 5.41) is 0. The lowest BCUT2D eigenvalue weighted by molar-refractivity contribution is -0.148. The Kier molecular flexibility index (Phi) is 6.98. The summed E-state index contributed by atoms with van der Waals surface area (Å²) in [4.78, 5) is 25.0. The number of aryl methyl sites for hydroxylation is 1. The molecule has 5 atom stereocenters. The smallest absolute Gasteiger partial charge is 0.338 e. The van der Waals surface area contributed by atoms with E-state index in [1.165, 1.54) is 5.56 Å². The van der Waals surface area contributed by atoms with E-state index in [0.29, 0.717) is 43.0 Å². The SMILES string of the molecule is CC1C2CC(COC(=O)CCCc3ccccc3)C(COC(=O)c3ccccc3)(C2)C1C. The molecule has 4 rings (SSSR count). The van der Waals surface area contributed by atoms with Gasteiger partial charge in [-0.15, -0.1) is 0 Å². The van der Waals surface area contributed by atoms with Gasteiger partial charge in [0.25, 0.3) is 0 Å². The third-order valence-electron chi connectivity index (χ3n) is 8.10. The zero-order chi connectivity index (χ0) is 22.6. The summed E-state index contributed by atoms with van der Waals surface area (Å²) in [6.07, 6.45) is 4.21. The molecule has 2 aromatic rings. The van der Waals surface area contributed by atoms with Crippen LogP contribution in [0.2, 0.25) is 0 Å². The zero-order valence-electron chi connectivity index (χ0n) is 19.2. The van der Waals surface area contributed by atoms with Gasteiger partial charge in [-0.05, 0) is 61.1 Å². The highest BCUT2D eigenvalue weighted by molar-refractivity contribution is 5.89. The summed E-state index contributed by atoms with van der Waals surface area (Å²) in [6, 6.07) is 19.4. The third-order valence-corrected chi connectivity index (χ3v) is 8.10. The van der Waals surface area contributed by atoms with Crippen LogP contribution in [0.15, 0.2) is 60.7 Å². The van der Waals surface area contributed by atoms with Crippen molar-refractivity contribution < 1.29 is 19.1 Å². The summed E-state index contributed by atoms with van der Waals surface area (Å²) in [6.45, 7) is 5.41. The molecule has 2 aromatic carbocycles. The molecule has 32 heavy (non-hydrogen) atoms. The van der Waals surface area contributed by atoms with Gasteiger partial charge in [0.2, 0.25) is 0 Å². The van der Waals surface area contributed by atoms with Crippen LogP contribution in [0.5, 0.6) is 0 Å². The fraction of sp³-hybridized carbons (Fsp3) is 0.500. The molecule has 4 heteroatoms. The summed E-state index contributed by atoms with van der Waals surface area (Å²) in [7, 11) is 0. The van der Waals surface area contributed by atoms with Crippen LogP contribution in [0.25, 0.3) is 0 Å². The number of hydrogen-bond acceptors (Lipinski definition) is 4. The van der Waals surface area contributed by atoms with E-state index in [0.717, 1.165) is 25.7 Å². The number of ether oxygens (including phenoxy) is 2. The first-order chi connectivity index (χ1) is 15.5. The molecule has 0 aromatic heterocycles. The largest absolute Gasteiger partial charge is 0.465 e. The first-order valence-corrected chi connectivity index (χ1v) is 11.9. The molecule has 170 valence electrons. The summed E-state index contributed by atoms with van der Waals surface area (Å²) in [5.74, 6) is 1.50. The Hall–Kier alpha value is -2.62. The van der Waals surface area contributed by atoms with E-state index in [9.17, 15) is 9.59 Å². The van der Waals surface area contributed by atoms with Crippen LogP contribution in [-0.2, 0) is 20.7 Å². The molecule has 0 heterocycles. The minimum Gasteiger partial charge on any atom is -0.465 e. The van der Waals surface area contributed by atoms with Crippen LogP contribution >= 0.6 is 0 Å². The highest BCUT2D eigenvalue weighted by Gasteiger charge is 2.60. The highest BCUT2D eigenvalue weighted by atomic mass is 16.5. The van der Waals surface area contributed by atoms with E-state index in [1.807, 2.05) is 36.4 Å². The monoisotopic (exact) mass is 434 g/mol. The topological polar surface area (TPSA) is 52.6 Å². The van der Waals surface area contributed by atoms with Crippen LogP contribution in [-0.4, -0.2) is 25.2 Å². The lowest BCUT2D eigenvalue weighted by Gasteiger charge is -2.41. The van der Waals surface area contributed by atoms with Crippen molar-refractivity contribution in [1.29, 1.82) is 0 Å². The molecule has 4 nitrogen and oxygen atoms in total. The molecule has 0 radical (unpaired) electrons. The van der Waals surface area contributed by atoms with Gasteiger partial charge in [-0.25, -0.2) is 4.79 Å². The minimum atomic E-state index is -0.271. The first kappa shape index (κ1) is 22.6. The molecule has 2 fully saturated rings. The molecule has 0 spiro atoms. The average molecular weight is 435 g/mol. The van der Waals surface area contributed by atoms with E-state index < -0.39 is 0 Å². The maximum Gasteiger partial charge on any atom is 0.338 e. The van der Waals surface area contributed by atoms with Crippen LogP contribution in [0.3, 0.4) is 0 Å². The zero-order valence-corrected chi connectivity index (χ0v) is 19.2. The minimum absolute atomic E-state index is 0.0984. The van der Waals surface area contributed by atoms with Crippen LogP contribution in [0.1, 0.15) is 55.5 Å². The predicted octanol–water partition coefficient (Wildman–Crippen LogP) is 5.71. The predicted molar refractivity (Wildman–Crippen MR) is 124 cm³/mol. The number of fused-ring (bicyclic) bond motifs is 2. The number of hydrogen-bond donors (Lipinski definition) is 0. The van der Waals surface area contributed by atoms with E-state index in [4.69, 9.17) is 9.47 Å². The molecule has 2 aliphatic carbocycles. The molecule has 0 N–H and O–H groups in total. The third kappa shape index (κ3) is 4.74. The number of carbonyl (C=O) groups excluding carboxylic acids is 2. The Morgan fingerprint density at radius 3 is 2.34 bits per heavy atom. The number of carbonyl (C=O) groups is 2. The van der Waals surface area contributed by atoms with Crippen molar-refractivity contribution in [3.63, 3.8) is 0 Å². The molecular formula is C28H34O4. The molecule has 2 bridgehead atoms. The first-order valence-electron chi connectivity index (χ1n) is 11.9. The van der Waals surface area contributed by atoms with Gasteiger partial charge < -0.3 is 9.47 Å². The second-order valence-corrected chi connectivity index (χ2v) is 9.74. The molecule has 0 saturated heterocycles.